The maximum Gasteiger partial charge on any atom is 0.408 e. The summed E-state index contributed by atoms with van der Waals surface area (Å²) in [5.41, 5.74) is -3.09. The van der Waals surface area contributed by atoms with Gasteiger partial charge in [0.1, 0.15) is 5.54 Å². The molecule has 0 spiro atoms. The molecule has 1 N–H and O–H groups in total. The van der Waals surface area contributed by atoms with Gasteiger partial charge in [-0.1, -0.05) is 6.07 Å². The van der Waals surface area contributed by atoms with Gasteiger partial charge in [-0.05, 0) is 35.6 Å². The van der Waals surface area contributed by atoms with Gasteiger partial charge in [-0.3, -0.25) is 4.79 Å². The molecule has 0 saturated heterocycles. The molecule has 5 nitrogen and oxygen atoms in total. The third kappa shape index (κ3) is 3.40. The summed E-state index contributed by atoms with van der Waals surface area (Å²) in [5.74, 6) is -5.08. The second-order valence-corrected chi connectivity index (χ2v) is 8.75. The van der Waals surface area contributed by atoms with E-state index < -0.39 is 51.8 Å². The average molecular weight is 440 g/mol. The third-order valence-electron chi connectivity index (χ3n) is 4.70. The van der Waals surface area contributed by atoms with Crippen LogP contribution in [0, 0.1) is 11.6 Å². The fraction of sp³-hybridized carbons (Fsp3) is 0.312. The first-order chi connectivity index (χ1) is 12.9. The molecule has 2 atom stereocenters. The number of thiophene rings is 1. The van der Waals surface area contributed by atoms with Crippen molar-refractivity contribution < 1.29 is 35.2 Å². The zero-order valence-corrected chi connectivity index (χ0v) is 15.8. The van der Waals surface area contributed by atoms with Crippen LogP contribution in [0.5, 0.6) is 0 Å². The third-order valence-corrected chi connectivity index (χ3v) is 6.87. The number of amides is 1. The summed E-state index contributed by atoms with van der Waals surface area (Å²) in [7, 11) is -4.18. The van der Waals surface area contributed by atoms with Gasteiger partial charge in [0.15, 0.2) is 11.6 Å². The number of nitrogens with zero attached hydrogens (tertiary/aromatic N) is 1. The van der Waals surface area contributed by atoms with Crippen molar-refractivity contribution in [3.05, 3.63) is 57.8 Å². The fourth-order valence-corrected chi connectivity index (χ4v) is 4.93. The Hall–Kier alpha value is -2.05. The number of rotatable bonds is 5. The number of halogens is 5. The molecule has 1 aliphatic rings. The normalized spacial score (nSPS) is 22.3. The summed E-state index contributed by atoms with van der Waals surface area (Å²) >= 11 is 1.11. The summed E-state index contributed by atoms with van der Waals surface area (Å²) < 4.78 is 94.5. The lowest BCUT2D eigenvalue weighted by Gasteiger charge is -2.30. The maximum atomic E-state index is 13.8. The van der Waals surface area contributed by atoms with E-state index in [4.69, 9.17) is 0 Å². The van der Waals surface area contributed by atoms with E-state index in [0.29, 0.717) is 19.2 Å². The molecule has 2 aromatic rings. The number of carbonyl (C=O) groups excluding carboxylic acids is 1. The predicted molar refractivity (Wildman–Crippen MR) is 91.0 cm³/mol. The molecular formula is C16H13F5N2O3S2. The van der Waals surface area contributed by atoms with Crippen LogP contribution in [0.3, 0.4) is 0 Å². The van der Waals surface area contributed by atoms with E-state index in [0.717, 1.165) is 17.4 Å². The quantitative estimate of drug-likeness (QED) is 0.725. The molecule has 1 heterocycles. The van der Waals surface area contributed by atoms with E-state index in [-0.39, 0.29) is 15.4 Å². The first kappa shape index (κ1) is 20.7. The molecule has 152 valence electrons. The SMILES string of the molecule is CN(C1(C(F)(F)F)CC1c1ccc(F)c(F)c1)S(=O)(=O)NC(=O)c1ccsc1. The van der Waals surface area contributed by atoms with E-state index >= 15 is 0 Å². The van der Waals surface area contributed by atoms with Crippen molar-refractivity contribution in [1.29, 1.82) is 0 Å². The van der Waals surface area contributed by atoms with Crippen LogP contribution in [0.2, 0.25) is 0 Å². The summed E-state index contributed by atoms with van der Waals surface area (Å²) in [6.07, 6.45) is -5.71. The van der Waals surface area contributed by atoms with E-state index in [1.807, 2.05) is 0 Å². The fourth-order valence-electron chi connectivity index (χ4n) is 3.07. The number of alkyl halides is 3. The molecule has 1 aliphatic carbocycles. The Kier molecular flexibility index (Phi) is 5.01. The highest BCUT2D eigenvalue weighted by atomic mass is 32.2. The molecule has 28 heavy (non-hydrogen) atoms. The van der Waals surface area contributed by atoms with Crippen molar-refractivity contribution in [1.82, 2.24) is 9.03 Å². The van der Waals surface area contributed by atoms with Gasteiger partial charge in [-0.2, -0.15) is 37.2 Å². The number of benzene rings is 1. The van der Waals surface area contributed by atoms with Crippen molar-refractivity contribution >= 4 is 27.5 Å². The monoisotopic (exact) mass is 440 g/mol. The minimum absolute atomic E-state index is 0.0176. The summed E-state index contributed by atoms with van der Waals surface area (Å²) in [6, 6.07) is 3.58. The van der Waals surface area contributed by atoms with Crippen LogP contribution < -0.4 is 4.72 Å². The molecule has 1 aromatic heterocycles. The van der Waals surface area contributed by atoms with E-state index in [2.05, 4.69) is 0 Å². The highest BCUT2D eigenvalue weighted by Gasteiger charge is 2.75. The topological polar surface area (TPSA) is 66.5 Å². The van der Waals surface area contributed by atoms with Crippen LogP contribution >= 0.6 is 11.3 Å². The van der Waals surface area contributed by atoms with Crippen LogP contribution in [0.25, 0.3) is 0 Å². The van der Waals surface area contributed by atoms with Gasteiger partial charge in [0, 0.05) is 18.3 Å². The smallest absolute Gasteiger partial charge is 0.268 e. The number of carbonyl (C=O) groups is 1. The van der Waals surface area contributed by atoms with Crippen LogP contribution in [0.1, 0.15) is 28.3 Å². The van der Waals surface area contributed by atoms with E-state index in [1.54, 1.807) is 4.72 Å². The Morgan fingerprint density at radius 3 is 2.46 bits per heavy atom. The van der Waals surface area contributed by atoms with Gasteiger partial charge in [0.25, 0.3) is 5.91 Å². The zero-order chi connectivity index (χ0) is 20.9. The molecular weight excluding hydrogens is 427 g/mol. The Balaban J connectivity index is 1.92. The lowest BCUT2D eigenvalue weighted by molar-refractivity contribution is -0.182. The van der Waals surface area contributed by atoms with Crippen molar-refractivity contribution in [2.45, 2.75) is 24.1 Å². The van der Waals surface area contributed by atoms with Crippen LogP contribution in [-0.4, -0.2) is 37.4 Å². The average Bonchev–Trinajstić information content (AvgIpc) is 3.12. The Morgan fingerprint density at radius 2 is 1.93 bits per heavy atom. The Morgan fingerprint density at radius 1 is 1.25 bits per heavy atom. The highest BCUT2D eigenvalue weighted by Crippen LogP contribution is 2.63. The first-order valence-electron chi connectivity index (χ1n) is 7.75. The molecule has 0 bridgehead atoms. The molecule has 0 aliphatic heterocycles. The van der Waals surface area contributed by atoms with Gasteiger partial charge in [0.2, 0.25) is 0 Å². The predicted octanol–water partition coefficient (Wildman–Crippen LogP) is 3.42. The molecule has 3 rings (SSSR count). The van der Waals surface area contributed by atoms with Gasteiger partial charge < -0.3 is 0 Å². The molecule has 12 heteroatoms. The number of likely N-dealkylation sites (N-methyl/N-ethyl adjacent to an activating group) is 1. The highest BCUT2D eigenvalue weighted by molar-refractivity contribution is 7.87. The van der Waals surface area contributed by atoms with Gasteiger partial charge in [-0.15, -0.1) is 0 Å². The summed E-state index contributed by atoms with van der Waals surface area (Å²) in [6.45, 7) is 0. The Bertz CT molecular complexity index is 1010. The lowest BCUT2D eigenvalue weighted by Crippen LogP contribution is -2.54. The molecule has 0 radical (unpaired) electrons. The van der Waals surface area contributed by atoms with Crippen molar-refractivity contribution in [2.75, 3.05) is 7.05 Å². The van der Waals surface area contributed by atoms with Crippen LogP contribution in [0.4, 0.5) is 22.0 Å². The van der Waals surface area contributed by atoms with Gasteiger partial charge in [-0.25, -0.2) is 13.5 Å². The van der Waals surface area contributed by atoms with Crippen LogP contribution in [-0.2, 0) is 10.2 Å². The summed E-state index contributed by atoms with van der Waals surface area (Å²) in [5, 5.41) is 2.84. The number of hydrogen-bond donors (Lipinski definition) is 1. The van der Waals surface area contributed by atoms with E-state index in [1.165, 1.54) is 16.8 Å². The lowest BCUT2D eigenvalue weighted by atomic mass is 10.1. The molecule has 1 saturated carbocycles. The molecule has 1 fully saturated rings. The number of nitrogens with one attached hydrogen (secondary N) is 1. The second kappa shape index (κ2) is 6.78. The largest absolute Gasteiger partial charge is 0.408 e. The molecule has 1 aromatic carbocycles. The molecule has 1 amide bonds. The number of hydrogen-bond acceptors (Lipinski definition) is 4. The molecule has 2 unspecified atom stereocenters. The standard InChI is InChI=1S/C16H13F5N2O3S2/c1-23(28(25,26)22-14(24)10-4-5-27-8-10)15(16(19,20)21)7-11(15)9-2-3-12(17)13(18)6-9/h2-6,8,11H,7H2,1H3,(H,22,24). The first-order valence-corrected chi connectivity index (χ1v) is 10.1. The maximum absolute atomic E-state index is 13.8. The minimum Gasteiger partial charge on any atom is -0.268 e. The van der Waals surface area contributed by atoms with E-state index in [9.17, 15) is 35.2 Å². The van der Waals surface area contributed by atoms with Crippen molar-refractivity contribution in [2.24, 2.45) is 0 Å². The zero-order valence-electron chi connectivity index (χ0n) is 14.1. The second-order valence-electron chi connectivity index (χ2n) is 6.27. The van der Waals surface area contributed by atoms with Gasteiger partial charge in [0.05, 0.1) is 5.56 Å². The van der Waals surface area contributed by atoms with Crippen LogP contribution in [0.15, 0.2) is 35.0 Å². The Labute approximate surface area is 161 Å². The summed E-state index contributed by atoms with van der Waals surface area (Å²) in [4.78, 5) is 12.0. The van der Waals surface area contributed by atoms with Gasteiger partial charge >= 0.3 is 16.4 Å². The van der Waals surface area contributed by atoms with Crippen molar-refractivity contribution in [3.8, 4) is 0 Å². The minimum atomic E-state index is -5.02. The van der Waals surface area contributed by atoms with Crippen molar-refractivity contribution in [3.63, 3.8) is 0 Å².